The highest BCUT2D eigenvalue weighted by molar-refractivity contribution is 5.62. The van der Waals surface area contributed by atoms with Crippen LogP contribution in [0.2, 0.25) is 0 Å². The van der Waals surface area contributed by atoms with E-state index >= 15 is 0 Å². The third kappa shape index (κ3) is 1.31. The number of rotatable bonds is 0. The van der Waals surface area contributed by atoms with Crippen molar-refractivity contribution in [1.82, 2.24) is 0 Å². The Kier molecular flexibility index (Phi) is 2.00. The molecule has 3 N–H and O–H groups in total. The first-order valence-electron chi connectivity index (χ1n) is 4.79. The van der Waals surface area contributed by atoms with E-state index in [-0.39, 0.29) is 6.04 Å². The van der Waals surface area contributed by atoms with Crippen molar-refractivity contribution < 1.29 is 0 Å². The average molecular weight is 176 g/mol. The number of hydrogen-bond acceptors (Lipinski definition) is 2. The fourth-order valence-corrected chi connectivity index (χ4v) is 2.04. The average Bonchev–Trinajstić information content (AvgIpc) is 2.12. The number of nitrogens with one attached hydrogen (secondary N) is 1. The number of hydrogen-bond donors (Lipinski definition) is 2. The molecule has 0 saturated carbocycles. The number of nitrogens with two attached hydrogens (primary N) is 1. The van der Waals surface area contributed by atoms with E-state index in [1.165, 1.54) is 22.4 Å². The molecule has 2 rings (SSSR count). The minimum absolute atomic E-state index is 0.219. The van der Waals surface area contributed by atoms with Crippen LogP contribution in [0.5, 0.6) is 0 Å². The minimum Gasteiger partial charge on any atom is -0.384 e. The molecule has 0 aromatic heterocycles. The van der Waals surface area contributed by atoms with Gasteiger partial charge in [0.05, 0.1) is 0 Å². The fourth-order valence-electron chi connectivity index (χ4n) is 2.04. The molecule has 1 aromatic carbocycles. The predicted octanol–water partition coefficient (Wildman–Crippen LogP) is 2.12. The van der Waals surface area contributed by atoms with Gasteiger partial charge in [-0.25, -0.2) is 0 Å². The number of benzene rings is 1. The zero-order valence-electron chi connectivity index (χ0n) is 8.22. The molecular formula is C11H16N2. The van der Waals surface area contributed by atoms with Crippen LogP contribution in [0.4, 0.5) is 5.69 Å². The maximum atomic E-state index is 6.08. The maximum Gasteiger partial charge on any atom is 0.0421 e. The second-order valence-electron chi connectivity index (χ2n) is 3.81. The maximum absolute atomic E-state index is 6.08. The van der Waals surface area contributed by atoms with Gasteiger partial charge in [-0.15, -0.1) is 0 Å². The summed E-state index contributed by atoms with van der Waals surface area (Å²) in [7, 11) is 0. The van der Waals surface area contributed by atoms with E-state index in [2.05, 4.69) is 31.3 Å². The number of aryl methyl sites for hydroxylation is 2. The minimum atomic E-state index is 0.219. The zero-order valence-corrected chi connectivity index (χ0v) is 8.22. The molecule has 1 unspecified atom stereocenters. The van der Waals surface area contributed by atoms with Crippen molar-refractivity contribution in [2.75, 3.05) is 11.9 Å². The van der Waals surface area contributed by atoms with E-state index in [0.29, 0.717) is 0 Å². The zero-order chi connectivity index (χ0) is 9.42. The van der Waals surface area contributed by atoms with Crippen molar-refractivity contribution in [2.24, 2.45) is 5.73 Å². The van der Waals surface area contributed by atoms with Gasteiger partial charge in [0.1, 0.15) is 0 Å². The van der Waals surface area contributed by atoms with Crippen LogP contribution in [0.1, 0.15) is 29.2 Å². The Bertz CT molecular complexity index is 331. The predicted molar refractivity (Wildman–Crippen MR) is 56.0 cm³/mol. The summed E-state index contributed by atoms with van der Waals surface area (Å²) in [6.07, 6.45) is 1.04. The highest BCUT2D eigenvalue weighted by atomic mass is 14.9. The van der Waals surface area contributed by atoms with Gasteiger partial charge in [0.15, 0.2) is 0 Å². The summed E-state index contributed by atoms with van der Waals surface area (Å²) in [5.74, 6) is 0. The highest BCUT2D eigenvalue weighted by Gasteiger charge is 2.19. The van der Waals surface area contributed by atoms with Crippen LogP contribution in [-0.2, 0) is 0 Å². The SMILES string of the molecule is Cc1ccc(C)c2c1NCCC2N. The van der Waals surface area contributed by atoms with Gasteiger partial charge in [0.2, 0.25) is 0 Å². The molecule has 0 aliphatic carbocycles. The number of fused-ring (bicyclic) bond motifs is 1. The van der Waals surface area contributed by atoms with Crippen LogP contribution < -0.4 is 11.1 Å². The molecule has 0 radical (unpaired) electrons. The van der Waals surface area contributed by atoms with Crippen molar-refractivity contribution in [3.05, 3.63) is 28.8 Å². The quantitative estimate of drug-likeness (QED) is 0.635. The van der Waals surface area contributed by atoms with Crippen molar-refractivity contribution in [1.29, 1.82) is 0 Å². The monoisotopic (exact) mass is 176 g/mol. The summed E-state index contributed by atoms with van der Waals surface area (Å²) in [6, 6.07) is 4.52. The van der Waals surface area contributed by atoms with Gasteiger partial charge in [0.25, 0.3) is 0 Å². The third-order valence-corrected chi connectivity index (χ3v) is 2.80. The van der Waals surface area contributed by atoms with Gasteiger partial charge in [-0.1, -0.05) is 12.1 Å². The van der Waals surface area contributed by atoms with Gasteiger partial charge < -0.3 is 11.1 Å². The van der Waals surface area contributed by atoms with Gasteiger partial charge in [-0.05, 0) is 37.0 Å². The van der Waals surface area contributed by atoms with Crippen molar-refractivity contribution in [2.45, 2.75) is 26.3 Å². The second kappa shape index (κ2) is 3.04. The smallest absolute Gasteiger partial charge is 0.0421 e. The first-order chi connectivity index (χ1) is 6.20. The van der Waals surface area contributed by atoms with E-state index in [9.17, 15) is 0 Å². The molecule has 0 saturated heterocycles. The standard InChI is InChI=1S/C11H16N2/c1-7-3-4-8(2)11-10(7)9(12)5-6-13-11/h3-4,9,13H,5-6,12H2,1-2H3. The molecule has 1 heterocycles. The molecule has 1 aliphatic rings. The molecule has 13 heavy (non-hydrogen) atoms. The lowest BCUT2D eigenvalue weighted by Gasteiger charge is -2.27. The van der Waals surface area contributed by atoms with Gasteiger partial charge in [-0.3, -0.25) is 0 Å². The largest absolute Gasteiger partial charge is 0.384 e. The van der Waals surface area contributed by atoms with Crippen molar-refractivity contribution in [3.63, 3.8) is 0 Å². The molecule has 1 aliphatic heterocycles. The van der Waals surface area contributed by atoms with Crippen LogP contribution in [0.3, 0.4) is 0 Å². The lowest BCUT2D eigenvalue weighted by atomic mass is 9.92. The molecule has 2 nitrogen and oxygen atoms in total. The summed E-state index contributed by atoms with van der Waals surface area (Å²) >= 11 is 0. The first-order valence-corrected chi connectivity index (χ1v) is 4.79. The van der Waals surface area contributed by atoms with Gasteiger partial charge >= 0.3 is 0 Å². The topological polar surface area (TPSA) is 38.0 Å². The van der Waals surface area contributed by atoms with E-state index in [0.717, 1.165) is 13.0 Å². The molecule has 0 bridgehead atoms. The second-order valence-corrected chi connectivity index (χ2v) is 3.81. The molecule has 0 spiro atoms. The summed E-state index contributed by atoms with van der Waals surface area (Å²) in [5.41, 5.74) is 11.3. The van der Waals surface area contributed by atoms with Crippen LogP contribution in [0.25, 0.3) is 0 Å². The molecule has 1 atom stereocenters. The van der Waals surface area contributed by atoms with Gasteiger partial charge in [-0.2, -0.15) is 0 Å². The molecule has 1 aromatic rings. The van der Waals surface area contributed by atoms with Crippen LogP contribution in [-0.4, -0.2) is 6.54 Å². The van der Waals surface area contributed by atoms with Crippen LogP contribution in [0, 0.1) is 13.8 Å². The van der Waals surface area contributed by atoms with E-state index < -0.39 is 0 Å². The molecular weight excluding hydrogens is 160 g/mol. The Labute approximate surface area is 79.1 Å². The summed E-state index contributed by atoms with van der Waals surface area (Å²) in [4.78, 5) is 0. The third-order valence-electron chi connectivity index (χ3n) is 2.80. The van der Waals surface area contributed by atoms with Crippen molar-refractivity contribution in [3.8, 4) is 0 Å². The van der Waals surface area contributed by atoms with E-state index in [4.69, 9.17) is 5.73 Å². The van der Waals surface area contributed by atoms with E-state index in [1.807, 2.05) is 0 Å². The van der Waals surface area contributed by atoms with E-state index in [1.54, 1.807) is 0 Å². The molecule has 2 heteroatoms. The summed E-state index contributed by atoms with van der Waals surface area (Å²) in [5, 5.41) is 3.42. The Morgan fingerprint density at radius 3 is 2.69 bits per heavy atom. The normalized spacial score (nSPS) is 20.7. The fraction of sp³-hybridized carbons (Fsp3) is 0.455. The Hall–Kier alpha value is -1.02. The lowest BCUT2D eigenvalue weighted by Crippen LogP contribution is -2.24. The molecule has 70 valence electrons. The Balaban J connectivity index is 2.60. The summed E-state index contributed by atoms with van der Waals surface area (Å²) in [6.45, 7) is 5.26. The Morgan fingerprint density at radius 2 is 2.00 bits per heavy atom. The molecule has 0 amide bonds. The van der Waals surface area contributed by atoms with Crippen LogP contribution >= 0.6 is 0 Å². The van der Waals surface area contributed by atoms with Crippen LogP contribution in [0.15, 0.2) is 12.1 Å². The lowest BCUT2D eigenvalue weighted by molar-refractivity contribution is 0.649. The number of anilines is 1. The molecule has 0 fully saturated rings. The first kappa shape index (κ1) is 8.57. The highest BCUT2D eigenvalue weighted by Crippen LogP contribution is 2.33. The van der Waals surface area contributed by atoms with Gasteiger partial charge in [0, 0.05) is 18.3 Å². The Morgan fingerprint density at radius 1 is 1.31 bits per heavy atom. The summed E-state index contributed by atoms with van der Waals surface area (Å²) < 4.78 is 0. The van der Waals surface area contributed by atoms with Crippen molar-refractivity contribution >= 4 is 5.69 Å².